The summed E-state index contributed by atoms with van der Waals surface area (Å²) in [6.45, 7) is 7.33. The van der Waals surface area contributed by atoms with Crippen molar-refractivity contribution < 1.29 is 9.59 Å². The predicted octanol–water partition coefficient (Wildman–Crippen LogP) is 6.05. The van der Waals surface area contributed by atoms with Gasteiger partial charge >= 0.3 is 0 Å². The van der Waals surface area contributed by atoms with Crippen molar-refractivity contribution in [2.75, 3.05) is 6.54 Å². The van der Waals surface area contributed by atoms with E-state index < -0.39 is 6.04 Å². The predicted molar refractivity (Wildman–Crippen MR) is 148 cm³/mol. The number of amides is 2. The van der Waals surface area contributed by atoms with E-state index in [0.717, 1.165) is 36.0 Å². The molecule has 0 bridgehead atoms. The number of carbonyl (C=O) groups is 2. The molecular formula is C32H40N2O2. The Labute approximate surface area is 216 Å². The summed E-state index contributed by atoms with van der Waals surface area (Å²) in [5.41, 5.74) is 5.68. The van der Waals surface area contributed by atoms with E-state index in [1.54, 1.807) is 4.90 Å². The zero-order valence-corrected chi connectivity index (χ0v) is 22.0. The fourth-order valence-corrected chi connectivity index (χ4v) is 4.29. The van der Waals surface area contributed by atoms with Crippen LogP contribution in [0.25, 0.3) is 0 Å². The maximum atomic E-state index is 13.7. The topological polar surface area (TPSA) is 49.4 Å². The molecule has 2 amide bonds. The quantitative estimate of drug-likeness (QED) is 0.300. The standard InChI is InChI=1S/C32H40N2O2/c1-4-6-22-33-32(36)30(23-28-10-8-7-9-11-28)34(24-29-14-12-25(3)13-15-29)31(35)21-20-27-18-16-26(5-2)17-19-27/h7-19,30H,4-6,20-24H2,1-3H3,(H,33,36)/t30-/m1/s1. The zero-order valence-electron chi connectivity index (χ0n) is 22.0. The van der Waals surface area contributed by atoms with Crippen LogP contribution in [0.5, 0.6) is 0 Å². The van der Waals surface area contributed by atoms with Crippen LogP contribution >= 0.6 is 0 Å². The molecule has 3 aromatic carbocycles. The molecule has 0 heterocycles. The lowest BCUT2D eigenvalue weighted by Crippen LogP contribution is -2.50. The average molecular weight is 485 g/mol. The van der Waals surface area contributed by atoms with Gasteiger partial charge in [-0.25, -0.2) is 0 Å². The van der Waals surface area contributed by atoms with E-state index in [9.17, 15) is 9.59 Å². The van der Waals surface area contributed by atoms with E-state index in [4.69, 9.17) is 0 Å². The minimum atomic E-state index is -0.569. The summed E-state index contributed by atoms with van der Waals surface area (Å²) >= 11 is 0. The number of hydrogen-bond acceptors (Lipinski definition) is 2. The van der Waals surface area contributed by atoms with Gasteiger partial charge in [0.05, 0.1) is 0 Å². The second-order valence-electron chi connectivity index (χ2n) is 9.53. The van der Waals surface area contributed by atoms with Crippen LogP contribution in [-0.4, -0.2) is 29.3 Å². The van der Waals surface area contributed by atoms with Crippen molar-refractivity contribution in [1.29, 1.82) is 0 Å². The lowest BCUT2D eigenvalue weighted by atomic mass is 10.0. The average Bonchev–Trinajstić information content (AvgIpc) is 2.91. The molecule has 3 rings (SSSR count). The van der Waals surface area contributed by atoms with Crippen LogP contribution in [0.4, 0.5) is 0 Å². The molecule has 1 atom stereocenters. The summed E-state index contributed by atoms with van der Waals surface area (Å²) in [6.07, 6.45) is 4.43. The number of unbranched alkanes of at least 4 members (excludes halogenated alkanes) is 1. The van der Waals surface area contributed by atoms with Crippen molar-refractivity contribution >= 4 is 11.8 Å². The molecule has 0 saturated heterocycles. The summed E-state index contributed by atoms with van der Waals surface area (Å²) in [4.78, 5) is 29.0. The van der Waals surface area contributed by atoms with E-state index in [2.05, 4.69) is 62.5 Å². The number of benzene rings is 3. The molecule has 4 heteroatoms. The molecule has 0 unspecified atom stereocenters. The maximum Gasteiger partial charge on any atom is 0.243 e. The van der Waals surface area contributed by atoms with Gasteiger partial charge in [-0.1, -0.05) is 105 Å². The molecule has 0 aromatic heterocycles. The van der Waals surface area contributed by atoms with Gasteiger partial charge in [-0.05, 0) is 48.4 Å². The summed E-state index contributed by atoms with van der Waals surface area (Å²) in [7, 11) is 0. The Morgan fingerprint density at radius 1 is 0.806 bits per heavy atom. The normalized spacial score (nSPS) is 11.6. The lowest BCUT2D eigenvalue weighted by Gasteiger charge is -2.32. The van der Waals surface area contributed by atoms with Crippen molar-refractivity contribution in [2.45, 2.75) is 71.9 Å². The van der Waals surface area contributed by atoms with Gasteiger partial charge in [0.2, 0.25) is 11.8 Å². The molecule has 0 aliphatic heterocycles. The Bertz CT molecular complexity index is 1080. The lowest BCUT2D eigenvalue weighted by molar-refractivity contribution is -0.141. The second-order valence-corrected chi connectivity index (χ2v) is 9.53. The molecule has 0 saturated carbocycles. The van der Waals surface area contributed by atoms with Crippen LogP contribution in [0.1, 0.15) is 60.9 Å². The monoisotopic (exact) mass is 484 g/mol. The third kappa shape index (κ3) is 8.37. The summed E-state index contributed by atoms with van der Waals surface area (Å²) in [5, 5.41) is 3.09. The highest BCUT2D eigenvalue weighted by molar-refractivity contribution is 5.88. The van der Waals surface area contributed by atoms with Gasteiger partial charge in [-0.3, -0.25) is 9.59 Å². The third-order valence-electron chi connectivity index (χ3n) is 6.63. The maximum absolute atomic E-state index is 13.7. The second kappa shape index (κ2) is 14.2. The first kappa shape index (κ1) is 27.2. The van der Waals surface area contributed by atoms with Gasteiger partial charge in [0.15, 0.2) is 0 Å². The van der Waals surface area contributed by atoms with E-state index in [1.165, 1.54) is 11.1 Å². The Hall–Kier alpha value is -3.40. The van der Waals surface area contributed by atoms with E-state index in [0.29, 0.717) is 32.4 Å². The highest BCUT2D eigenvalue weighted by Crippen LogP contribution is 2.18. The van der Waals surface area contributed by atoms with Crippen LogP contribution in [0.3, 0.4) is 0 Å². The van der Waals surface area contributed by atoms with Gasteiger partial charge in [0.25, 0.3) is 0 Å². The Kier molecular flexibility index (Phi) is 10.7. The number of hydrogen-bond donors (Lipinski definition) is 1. The summed E-state index contributed by atoms with van der Waals surface area (Å²) in [5.74, 6) is -0.0817. The molecular weight excluding hydrogens is 444 g/mol. The van der Waals surface area contributed by atoms with Gasteiger partial charge in [-0.15, -0.1) is 0 Å². The first-order chi connectivity index (χ1) is 17.5. The first-order valence-corrected chi connectivity index (χ1v) is 13.2. The van der Waals surface area contributed by atoms with Crippen LogP contribution in [0.2, 0.25) is 0 Å². The summed E-state index contributed by atoms with van der Waals surface area (Å²) < 4.78 is 0. The van der Waals surface area contributed by atoms with Crippen LogP contribution in [0.15, 0.2) is 78.9 Å². The smallest absolute Gasteiger partial charge is 0.243 e. The minimum Gasteiger partial charge on any atom is -0.354 e. The largest absolute Gasteiger partial charge is 0.354 e. The van der Waals surface area contributed by atoms with Gasteiger partial charge in [0.1, 0.15) is 6.04 Å². The number of nitrogens with one attached hydrogen (secondary N) is 1. The first-order valence-electron chi connectivity index (χ1n) is 13.2. The van der Waals surface area contributed by atoms with Crippen LogP contribution < -0.4 is 5.32 Å². The number of carbonyl (C=O) groups excluding carboxylic acids is 2. The molecule has 1 N–H and O–H groups in total. The van der Waals surface area contributed by atoms with Crippen LogP contribution in [0, 0.1) is 6.92 Å². The van der Waals surface area contributed by atoms with Crippen molar-refractivity contribution in [3.05, 3.63) is 107 Å². The molecule has 4 nitrogen and oxygen atoms in total. The molecule has 0 spiro atoms. The third-order valence-corrected chi connectivity index (χ3v) is 6.63. The van der Waals surface area contributed by atoms with Gasteiger partial charge < -0.3 is 10.2 Å². The SMILES string of the molecule is CCCCNC(=O)[C@@H](Cc1ccccc1)N(Cc1ccc(C)cc1)C(=O)CCc1ccc(CC)cc1. The molecule has 0 fully saturated rings. The van der Waals surface area contributed by atoms with Crippen molar-refractivity contribution in [2.24, 2.45) is 0 Å². The van der Waals surface area contributed by atoms with Crippen molar-refractivity contribution in [1.82, 2.24) is 10.2 Å². The molecule has 0 aliphatic rings. The van der Waals surface area contributed by atoms with E-state index >= 15 is 0 Å². The molecule has 190 valence electrons. The Morgan fingerprint density at radius 3 is 2.08 bits per heavy atom. The van der Waals surface area contributed by atoms with Gasteiger partial charge in [-0.2, -0.15) is 0 Å². The summed E-state index contributed by atoms with van der Waals surface area (Å²) in [6, 6.07) is 26.1. The van der Waals surface area contributed by atoms with E-state index in [1.807, 2.05) is 42.5 Å². The number of rotatable bonds is 13. The Morgan fingerprint density at radius 2 is 1.44 bits per heavy atom. The number of aryl methyl sites for hydroxylation is 3. The molecule has 3 aromatic rings. The highest BCUT2D eigenvalue weighted by atomic mass is 16.2. The fourth-order valence-electron chi connectivity index (χ4n) is 4.29. The minimum absolute atomic E-state index is 0.00159. The van der Waals surface area contributed by atoms with E-state index in [-0.39, 0.29) is 11.8 Å². The number of nitrogens with zero attached hydrogens (tertiary/aromatic N) is 1. The fraction of sp³-hybridized carbons (Fsp3) is 0.375. The molecule has 0 radical (unpaired) electrons. The van der Waals surface area contributed by atoms with Gasteiger partial charge in [0, 0.05) is 25.9 Å². The zero-order chi connectivity index (χ0) is 25.8. The highest BCUT2D eigenvalue weighted by Gasteiger charge is 2.30. The van der Waals surface area contributed by atoms with Crippen LogP contribution in [-0.2, 0) is 35.4 Å². The molecule has 36 heavy (non-hydrogen) atoms. The van der Waals surface area contributed by atoms with Crippen molar-refractivity contribution in [3.8, 4) is 0 Å². The molecule has 0 aliphatic carbocycles. The Balaban J connectivity index is 1.85. The van der Waals surface area contributed by atoms with Crippen molar-refractivity contribution in [3.63, 3.8) is 0 Å².